The number of carbonyl (C=O) groups is 1. The Morgan fingerprint density at radius 2 is 1.90 bits per heavy atom. The van der Waals surface area contributed by atoms with Crippen LogP contribution in [0.1, 0.15) is 12.8 Å². The number of anilines is 2. The van der Waals surface area contributed by atoms with Crippen LogP contribution in [0.2, 0.25) is 0 Å². The number of halogens is 2. The number of hydrogen-bond donors (Lipinski definition) is 0. The molecular weight excluding hydrogens is 388 g/mol. The first kappa shape index (κ1) is 18.4. The molecule has 1 atom stereocenters. The van der Waals surface area contributed by atoms with Crippen molar-refractivity contribution in [2.45, 2.75) is 24.7 Å². The maximum Gasteiger partial charge on any atom is 0.414 e. The van der Waals surface area contributed by atoms with Crippen molar-refractivity contribution in [2.24, 2.45) is 10.5 Å². The summed E-state index contributed by atoms with van der Waals surface area (Å²) in [5.41, 5.74) is 8.08. The molecule has 9 nitrogen and oxygen atoms in total. The first-order valence-electron chi connectivity index (χ1n) is 9.48. The predicted molar refractivity (Wildman–Crippen MR) is 96.5 cm³/mol. The van der Waals surface area contributed by atoms with E-state index in [9.17, 15) is 13.6 Å². The number of ether oxygens (including phenoxy) is 3. The van der Waals surface area contributed by atoms with E-state index >= 15 is 0 Å². The molecule has 3 aliphatic heterocycles. The van der Waals surface area contributed by atoms with Gasteiger partial charge >= 0.3 is 6.09 Å². The van der Waals surface area contributed by atoms with E-state index in [1.807, 2.05) is 0 Å². The Kier molecular flexibility index (Phi) is 4.09. The van der Waals surface area contributed by atoms with Gasteiger partial charge in [-0.2, -0.15) is 0 Å². The molecule has 4 aliphatic rings. The quantitative estimate of drug-likeness (QED) is 0.434. The first-order valence-corrected chi connectivity index (χ1v) is 9.48. The van der Waals surface area contributed by atoms with Crippen LogP contribution in [-0.2, 0) is 14.2 Å². The number of fused-ring (bicyclic) bond motifs is 1. The minimum absolute atomic E-state index is 0.0419. The van der Waals surface area contributed by atoms with Gasteiger partial charge in [-0.05, 0) is 18.4 Å². The highest BCUT2D eigenvalue weighted by Gasteiger charge is 2.68. The van der Waals surface area contributed by atoms with Gasteiger partial charge in [0.05, 0.1) is 38.5 Å². The fourth-order valence-electron chi connectivity index (χ4n) is 4.63. The SMILES string of the molecule is [N-]=[N+]=NC[C@H]1CN(c2cc(F)c(N3CC4(CC4)C4(C3)OCCO4)c(F)c2)C(=O)O1. The van der Waals surface area contributed by atoms with Crippen molar-refractivity contribution < 1.29 is 27.8 Å². The molecule has 1 saturated carbocycles. The lowest BCUT2D eigenvalue weighted by Gasteiger charge is -2.28. The van der Waals surface area contributed by atoms with Crippen LogP contribution < -0.4 is 9.80 Å². The number of benzene rings is 1. The molecule has 1 aromatic carbocycles. The molecule has 29 heavy (non-hydrogen) atoms. The maximum absolute atomic E-state index is 15.0. The van der Waals surface area contributed by atoms with Gasteiger partial charge in [0.2, 0.25) is 0 Å². The third-order valence-corrected chi connectivity index (χ3v) is 6.16. The average Bonchev–Trinajstić information content (AvgIpc) is 3.03. The van der Waals surface area contributed by atoms with Crippen LogP contribution >= 0.6 is 0 Å². The second-order valence-corrected chi connectivity index (χ2v) is 7.87. The molecule has 11 heteroatoms. The third kappa shape index (κ3) is 2.80. The summed E-state index contributed by atoms with van der Waals surface area (Å²) in [7, 11) is 0. The topological polar surface area (TPSA) is 100 Å². The Labute approximate surface area is 164 Å². The standard InChI is InChI=1S/C18H19F2N5O4/c19-13-5-11(25-8-12(7-22-23-21)29-16(25)26)6-14(20)15(13)24-9-17(1-2-17)18(10-24)27-3-4-28-18/h5-6,12H,1-4,7-10H2/t12-/m0/s1. The van der Waals surface area contributed by atoms with Gasteiger partial charge < -0.3 is 19.1 Å². The van der Waals surface area contributed by atoms with Gasteiger partial charge in [0.25, 0.3) is 0 Å². The van der Waals surface area contributed by atoms with E-state index in [0.717, 1.165) is 29.9 Å². The largest absolute Gasteiger partial charge is 0.444 e. The molecule has 3 saturated heterocycles. The first-order chi connectivity index (χ1) is 14.0. The third-order valence-electron chi connectivity index (χ3n) is 6.16. The molecule has 4 fully saturated rings. The van der Waals surface area contributed by atoms with Crippen LogP contribution in [0.3, 0.4) is 0 Å². The summed E-state index contributed by atoms with van der Waals surface area (Å²) < 4.78 is 46.8. The monoisotopic (exact) mass is 407 g/mol. The van der Waals surface area contributed by atoms with Crippen LogP contribution in [0.15, 0.2) is 17.2 Å². The van der Waals surface area contributed by atoms with Gasteiger partial charge in [-0.3, -0.25) is 4.90 Å². The molecule has 0 bridgehead atoms. The zero-order valence-corrected chi connectivity index (χ0v) is 15.5. The van der Waals surface area contributed by atoms with E-state index < -0.39 is 29.6 Å². The minimum atomic E-state index is -0.794. The van der Waals surface area contributed by atoms with Crippen LogP contribution in [0.4, 0.5) is 25.0 Å². The Balaban J connectivity index is 1.40. The van der Waals surface area contributed by atoms with Gasteiger partial charge in [-0.15, -0.1) is 0 Å². The molecule has 0 aromatic heterocycles. The highest BCUT2D eigenvalue weighted by molar-refractivity contribution is 5.90. The molecule has 3 heterocycles. The molecule has 5 rings (SSSR count). The summed E-state index contributed by atoms with van der Waals surface area (Å²) in [6.45, 7) is 1.69. The van der Waals surface area contributed by atoms with Gasteiger partial charge in [0.1, 0.15) is 11.8 Å². The number of azide groups is 1. The Bertz CT molecular complexity index is 889. The zero-order chi connectivity index (χ0) is 20.2. The van der Waals surface area contributed by atoms with Gasteiger partial charge in [-0.1, -0.05) is 5.11 Å². The number of hydrogen-bond acceptors (Lipinski definition) is 6. The van der Waals surface area contributed by atoms with Crippen molar-refractivity contribution in [3.63, 3.8) is 0 Å². The summed E-state index contributed by atoms with van der Waals surface area (Å²) in [6.07, 6.45) is 0.405. The van der Waals surface area contributed by atoms with E-state index in [1.54, 1.807) is 4.90 Å². The van der Waals surface area contributed by atoms with Crippen LogP contribution in [0, 0.1) is 17.0 Å². The van der Waals surface area contributed by atoms with Crippen molar-refractivity contribution >= 4 is 17.5 Å². The highest BCUT2D eigenvalue weighted by Crippen LogP contribution is 2.62. The Morgan fingerprint density at radius 3 is 2.52 bits per heavy atom. The number of cyclic esters (lactones) is 1. The molecule has 1 aromatic rings. The normalized spacial score (nSPS) is 26.3. The number of carbonyl (C=O) groups excluding carboxylic acids is 1. The van der Waals surface area contributed by atoms with E-state index in [4.69, 9.17) is 19.7 Å². The summed E-state index contributed by atoms with van der Waals surface area (Å²) in [5, 5.41) is 3.37. The Morgan fingerprint density at radius 1 is 1.21 bits per heavy atom. The van der Waals surface area contributed by atoms with Gasteiger partial charge in [0.15, 0.2) is 17.4 Å². The van der Waals surface area contributed by atoms with E-state index in [2.05, 4.69) is 10.0 Å². The minimum Gasteiger partial charge on any atom is -0.444 e. The molecule has 0 unspecified atom stereocenters. The summed E-state index contributed by atoms with van der Waals surface area (Å²) in [4.78, 5) is 17.4. The second kappa shape index (κ2) is 6.45. The number of nitrogens with zero attached hydrogens (tertiary/aromatic N) is 5. The molecule has 1 aliphatic carbocycles. The Hall–Kier alpha value is -2.62. The summed E-state index contributed by atoms with van der Waals surface area (Å²) >= 11 is 0. The van der Waals surface area contributed by atoms with Crippen LogP contribution in [0.25, 0.3) is 10.4 Å². The molecular formula is C18H19F2N5O4. The van der Waals surface area contributed by atoms with Crippen molar-refractivity contribution in [3.05, 3.63) is 34.2 Å². The van der Waals surface area contributed by atoms with Gasteiger partial charge in [0, 0.05) is 29.0 Å². The second-order valence-electron chi connectivity index (χ2n) is 7.87. The fourth-order valence-corrected chi connectivity index (χ4v) is 4.63. The average molecular weight is 407 g/mol. The van der Waals surface area contributed by atoms with E-state index in [-0.39, 0.29) is 36.4 Å². The lowest BCUT2D eigenvalue weighted by Crippen LogP contribution is -2.40. The smallest absolute Gasteiger partial charge is 0.414 e. The lowest BCUT2D eigenvalue weighted by atomic mass is 10.00. The number of amides is 1. The molecule has 1 amide bonds. The molecule has 154 valence electrons. The van der Waals surface area contributed by atoms with Crippen LogP contribution in [0.5, 0.6) is 0 Å². The lowest BCUT2D eigenvalue weighted by molar-refractivity contribution is -0.178. The molecule has 2 spiro atoms. The number of rotatable bonds is 4. The van der Waals surface area contributed by atoms with E-state index in [0.29, 0.717) is 19.8 Å². The van der Waals surface area contributed by atoms with Crippen LogP contribution in [-0.4, -0.2) is 57.4 Å². The summed E-state index contributed by atoms with van der Waals surface area (Å²) in [5.74, 6) is -2.33. The van der Waals surface area contributed by atoms with E-state index in [1.165, 1.54) is 0 Å². The molecule has 0 N–H and O–H groups in total. The predicted octanol–water partition coefficient (Wildman–Crippen LogP) is 2.94. The van der Waals surface area contributed by atoms with Crippen molar-refractivity contribution in [3.8, 4) is 0 Å². The highest BCUT2D eigenvalue weighted by atomic mass is 19.1. The summed E-state index contributed by atoms with van der Waals surface area (Å²) in [6, 6.07) is 2.24. The van der Waals surface area contributed by atoms with Crippen molar-refractivity contribution in [1.29, 1.82) is 0 Å². The zero-order valence-electron chi connectivity index (χ0n) is 15.5. The van der Waals surface area contributed by atoms with Crippen molar-refractivity contribution in [1.82, 2.24) is 0 Å². The van der Waals surface area contributed by atoms with Crippen molar-refractivity contribution in [2.75, 3.05) is 49.2 Å². The maximum atomic E-state index is 15.0. The van der Waals surface area contributed by atoms with Gasteiger partial charge in [-0.25, -0.2) is 13.6 Å². The molecule has 0 radical (unpaired) electrons. The fraction of sp³-hybridized carbons (Fsp3) is 0.611.